The van der Waals surface area contributed by atoms with E-state index in [4.69, 9.17) is 0 Å². The Morgan fingerprint density at radius 1 is 1.19 bits per heavy atom. The summed E-state index contributed by atoms with van der Waals surface area (Å²) in [5.74, 6) is 0.673. The third-order valence-corrected chi connectivity index (χ3v) is 6.26. The van der Waals surface area contributed by atoms with Crippen LogP contribution in [0.1, 0.15) is 62.7 Å². The summed E-state index contributed by atoms with van der Waals surface area (Å²) in [4.78, 5) is 17.2. The highest BCUT2D eigenvalue weighted by Crippen LogP contribution is 2.38. The second-order valence-corrected chi connectivity index (χ2v) is 9.45. The highest BCUT2D eigenvalue weighted by molar-refractivity contribution is 7.09. The van der Waals surface area contributed by atoms with E-state index in [0.717, 1.165) is 23.5 Å². The van der Waals surface area contributed by atoms with Gasteiger partial charge in [0.1, 0.15) is 0 Å². The van der Waals surface area contributed by atoms with Gasteiger partial charge in [0.2, 0.25) is 5.91 Å². The minimum atomic E-state index is 0.114. The van der Waals surface area contributed by atoms with Crippen molar-refractivity contribution in [3.8, 4) is 0 Å². The summed E-state index contributed by atoms with van der Waals surface area (Å²) < 4.78 is 0. The number of benzene rings is 1. The van der Waals surface area contributed by atoms with Crippen LogP contribution in [0.2, 0.25) is 0 Å². The number of carbonyl (C=O) groups excluding carboxylic acids is 1. The van der Waals surface area contributed by atoms with Crippen LogP contribution >= 0.6 is 11.3 Å². The molecule has 1 aromatic heterocycles. The molecule has 1 aliphatic rings. The maximum atomic E-state index is 12.6. The zero-order valence-electron chi connectivity index (χ0n) is 16.1. The van der Waals surface area contributed by atoms with Crippen molar-refractivity contribution in [1.29, 1.82) is 0 Å². The second kappa shape index (κ2) is 8.34. The van der Waals surface area contributed by atoms with Gasteiger partial charge in [-0.15, -0.1) is 11.3 Å². The number of nitrogens with one attached hydrogen (secondary N) is 1. The van der Waals surface area contributed by atoms with Crippen molar-refractivity contribution in [2.24, 2.45) is 11.3 Å². The number of nitrogens with zero attached hydrogens (tertiary/aromatic N) is 1. The molecule has 1 N–H and O–H groups in total. The molecular formula is C22H30N2OS. The molecule has 0 saturated heterocycles. The minimum absolute atomic E-state index is 0.114. The maximum Gasteiger partial charge on any atom is 0.226 e. The van der Waals surface area contributed by atoms with Crippen LogP contribution in [-0.2, 0) is 17.6 Å². The lowest BCUT2D eigenvalue weighted by atomic mass is 9.69. The molecule has 2 atom stereocenters. The van der Waals surface area contributed by atoms with Crippen LogP contribution in [0, 0.1) is 11.3 Å². The van der Waals surface area contributed by atoms with Gasteiger partial charge in [0.25, 0.3) is 0 Å². The Morgan fingerprint density at radius 3 is 2.65 bits per heavy atom. The molecule has 3 nitrogen and oxygen atoms in total. The first-order chi connectivity index (χ1) is 12.4. The molecule has 4 heteroatoms. The van der Waals surface area contributed by atoms with Crippen molar-refractivity contribution in [2.75, 3.05) is 0 Å². The molecule has 0 aliphatic heterocycles. The molecule has 1 aromatic carbocycles. The second-order valence-electron chi connectivity index (χ2n) is 8.50. The van der Waals surface area contributed by atoms with Crippen molar-refractivity contribution < 1.29 is 4.79 Å². The summed E-state index contributed by atoms with van der Waals surface area (Å²) in [5, 5.41) is 6.41. The average molecular weight is 371 g/mol. The van der Waals surface area contributed by atoms with E-state index >= 15 is 0 Å². The standard InChI is InChI=1S/C22H30N2OS/c1-22(2,3)18-11-7-8-12-19(18)24-20(25)14-17-15-26-21(23-17)13-16-9-5-4-6-10-16/h4-6,9-10,15,18-19H,7-8,11-14H2,1-3H3,(H,24,25). The van der Waals surface area contributed by atoms with Crippen LogP contribution < -0.4 is 5.32 Å². The SMILES string of the molecule is CC(C)(C)C1CCCCC1NC(=O)Cc1csc(Cc2ccccc2)n1. The van der Waals surface area contributed by atoms with Gasteiger partial charge >= 0.3 is 0 Å². The Bertz CT molecular complexity index is 717. The Balaban J connectivity index is 1.56. The zero-order chi connectivity index (χ0) is 18.6. The molecule has 2 aromatic rings. The molecule has 0 bridgehead atoms. The van der Waals surface area contributed by atoms with Gasteiger partial charge < -0.3 is 5.32 Å². The van der Waals surface area contributed by atoms with Gasteiger partial charge in [-0.05, 0) is 29.7 Å². The Morgan fingerprint density at radius 2 is 1.92 bits per heavy atom. The van der Waals surface area contributed by atoms with Gasteiger partial charge in [-0.2, -0.15) is 0 Å². The van der Waals surface area contributed by atoms with Gasteiger partial charge in [-0.1, -0.05) is 63.9 Å². The number of amides is 1. The zero-order valence-corrected chi connectivity index (χ0v) is 16.9. The molecule has 1 heterocycles. The summed E-state index contributed by atoms with van der Waals surface area (Å²) in [7, 11) is 0. The van der Waals surface area contributed by atoms with E-state index in [9.17, 15) is 4.79 Å². The van der Waals surface area contributed by atoms with Crippen molar-refractivity contribution >= 4 is 17.2 Å². The smallest absolute Gasteiger partial charge is 0.226 e. The first kappa shape index (κ1) is 19.1. The van der Waals surface area contributed by atoms with E-state index in [0.29, 0.717) is 18.4 Å². The Kier molecular flexibility index (Phi) is 6.13. The lowest BCUT2D eigenvalue weighted by Crippen LogP contribution is -2.47. The number of thiazole rings is 1. The van der Waals surface area contributed by atoms with E-state index in [1.54, 1.807) is 11.3 Å². The molecule has 26 heavy (non-hydrogen) atoms. The van der Waals surface area contributed by atoms with Gasteiger partial charge in [0, 0.05) is 17.8 Å². The fourth-order valence-corrected chi connectivity index (χ4v) is 4.87. The van der Waals surface area contributed by atoms with Crippen molar-refractivity contribution in [3.63, 3.8) is 0 Å². The van der Waals surface area contributed by atoms with Crippen LogP contribution in [0.4, 0.5) is 0 Å². The van der Waals surface area contributed by atoms with E-state index in [-0.39, 0.29) is 11.3 Å². The molecule has 1 aliphatic carbocycles. The number of carbonyl (C=O) groups is 1. The summed E-state index contributed by atoms with van der Waals surface area (Å²) >= 11 is 1.65. The van der Waals surface area contributed by atoms with Gasteiger partial charge in [-0.3, -0.25) is 4.79 Å². The van der Waals surface area contributed by atoms with Crippen LogP contribution in [0.15, 0.2) is 35.7 Å². The summed E-state index contributed by atoms with van der Waals surface area (Å²) in [5.41, 5.74) is 2.39. The van der Waals surface area contributed by atoms with Gasteiger partial charge in [-0.25, -0.2) is 4.98 Å². The largest absolute Gasteiger partial charge is 0.353 e. The molecule has 1 amide bonds. The highest BCUT2D eigenvalue weighted by atomic mass is 32.1. The fourth-order valence-electron chi connectivity index (χ4n) is 4.04. The molecule has 140 valence electrons. The predicted molar refractivity (Wildman–Crippen MR) is 108 cm³/mol. The van der Waals surface area contributed by atoms with E-state index < -0.39 is 0 Å². The molecule has 1 fully saturated rings. The minimum Gasteiger partial charge on any atom is -0.353 e. The van der Waals surface area contributed by atoms with Crippen LogP contribution in [0.25, 0.3) is 0 Å². The maximum absolute atomic E-state index is 12.6. The number of hydrogen-bond donors (Lipinski definition) is 1. The van der Waals surface area contributed by atoms with Gasteiger partial charge in [0.15, 0.2) is 0 Å². The molecule has 2 unspecified atom stereocenters. The molecule has 0 radical (unpaired) electrons. The quantitative estimate of drug-likeness (QED) is 0.805. The Labute approximate surface area is 161 Å². The molecule has 0 spiro atoms. The number of hydrogen-bond acceptors (Lipinski definition) is 3. The fraction of sp³-hybridized carbons (Fsp3) is 0.545. The van der Waals surface area contributed by atoms with E-state index in [1.807, 2.05) is 23.6 Å². The lowest BCUT2D eigenvalue weighted by molar-refractivity contribution is -0.122. The normalized spacial score (nSPS) is 20.7. The van der Waals surface area contributed by atoms with Crippen molar-refractivity contribution in [2.45, 2.75) is 65.3 Å². The first-order valence-corrected chi connectivity index (χ1v) is 10.6. The number of rotatable bonds is 5. The van der Waals surface area contributed by atoms with Crippen molar-refractivity contribution in [1.82, 2.24) is 10.3 Å². The predicted octanol–water partition coefficient (Wildman–Crippen LogP) is 5.00. The van der Waals surface area contributed by atoms with E-state index in [1.165, 1.54) is 24.8 Å². The third kappa shape index (κ3) is 5.16. The topological polar surface area (TPSA) is 42.0 Å². The van der Waals surface area contributed by atoms with Crippen LogP contribution in [0.5, 0.6) is 0 Å². The summed E-state index contributed by atoms with van der Waals surface area (Å²) in [6, 6.07) is 10.7. The summed E-state index contributed by atoms with van der Waals surface area (Å²) in [6.07, 6.45) is 6.04. The van der Waals surface area contributed by atoms with Crippen LogP contribution in [0.3, 0.4) is 0 Å². The van der Waals surface area contributed by atoms with Crippen LogP contribution in [-0.4, -0.2) is 16.9 Å². The number of aromatic nitrogens is 1. The van der Waals surface area contributed by atoms with Gasteiger partial charge in [0.05, 0.1) is 17.1 Å². The van der Waals surface area contributed by atoms with E-state index in [2.05, 4.69) is 43.2 Å². The molecular weight excluding hydrogens is 340 g/mol. The highest BCUT2D eigenvalue weighted by Gasteiger charge is 2.34. The first-order valence-electron chi connectivity index (χ1n) is 9.68. The summed E-state index contributed by atoms with van der Waals surface area (Å²) in [6.45, 7) is 6.87. The monoisotopic (exact) mass is 370 g/mol. The average Bonchev–Trinajstić information content (AvgIpc) is 3.02. The Hall–Kier alpha value is -1.68. The third-order valence-electron chi connectivity index (χ3n) is 5.36. The molecule has 1 saturated carbocycles. The van der Waals surface area contributed by atoms with Crippen molar-refractivity contribution in [3.05, 3.63) is 52.0 Å². The molecule has 3 rings (SSSR count). The lowest BCUT2D eigenvalue weighted by Gasteiger charge is -2.40.